The summed E-state index contributed by atoms with van der Waals surface area (Å²) in [5.41, 5.74) is 4.75. The summed E-state index contributed by atoms with van der Waals surface area (Å²) in [6.07, 6.45) is 0.960. The highest BCUT2D eigenvalue weighted by atomic mass is 16.5. The van der Waals surface area contributed by atoms with E-state index in [0.29, 0.717) is 25.0 Å². The maximum atomic E-state index is 12.1. The standard InChI is InChI=1S/C25H35N3O2/c1-19(2)21-6-4-8-23(16-21)27-12-15-30-14-10-20(3)22-7-5-9-24(17-22)28-13-11-26-18-25(28)29/h4-9,16-17,19-20,26-27H,10-15,18H2,1-3H3. The lowest BCUT2D eigenvalue weighted by molar-refractivity contribution is -0.118. The van der Waals surface area contributed by atoms with Gasteiger partial charge in [0.05, 0.1) is 13.2 Å². The van der Waals surface area contributed by atoms with E-state index in [1.807, 2.05) is 17.0 Å². The van der Waals surface area contributed by atoms with Crippen molar-refractivity contribution in [2.75, 3.05) is 49.6 Å². The fraction of sp³-hybridized carbons (Fsp3) is 0.480. The maximum Gasteiger partial charge on any atom is 0.240 e. The first-order chi connectivity index (χ1) is 14.5. The average Bonchev–Trinajstić information content (AvgIpc) is 2.76. The van der Waals surface area contributed by atoms with E-state index >= 15 is 0 Å². The summed E-state index contributed by atoms with van der Waals surface area (Å²) >= 11 is 0. The Hall–Kier alpha value is -2.37. The lowest BCUT2D eigenvalue weighted by atomic mass is 9.97. The van der Waals surface area contributed by atoms with Gasteiger partial charge in [0.2, 0.25) is 5.91 Å². The highest BCUT2D eigenvalue weighted by Crippen LogP contribution is 2.25. The summed E-state index contributed by atoms with van der Waals surface area (Å²) < 4.78 is 5.85. The molecule has 0 saturated carbocycles. The molecule has 1 saturated heterocycles. The maximum absolute atomic E-state index is 12.1. The van der Waals surface area contributed by atoms with Crippen molar-refractivity contribution < 1.29 is 9.53 Å². The van der Waals surface area contributed by atoms with Crippen LogP contribution in [0.25, 0.3) is 0 Å². The lowest BCUT2D eigenvalue weighted by Crippen LogP contribution is -2.48. The third-order valence-electron chi connectivity index (χ3n) is 5.66. The number of piperazine rings is 1. The number of nitrogens with zero attached hydrogens (tertiary/aromatic N) is 1. The predicted molar refractivity (Wildman–Crippen MR) is 125 cm³/mol. The Balaban J connectivity index is 1.39. The Kier molecular flexibility index (Phi) is 8.29. The van der Waals surface area contributed by atoms with Gasteiger partial charge in [-0.05, 0) is 53.6 Å². The molecule has 0 spiro atoms. The van der Waals surface area contributed by atoms with Crippen molar-refractivity contribution in [3.63, 3.8) is 0 Å². The van der Waals surface area contributed by atoms with Gasteiger partial charge in [-0.15, -0.1) is 0 Å². The number of hydrogen-bond acceptors (Lipinski definition) is 4. The predicted octanol–water partition coefficient (Wildman–Crippen LogP) is 4.37. The molecule has 1 amide bonds. The van der Waals surface area contributed by atoms with Crippen LogP contribution < -0.4 is 15.5 Å². The van der Waals surface area contributed by atoms with E-state index in [1.165, 1.54) is 11.1 Å². The van der Waals surface area contributed by atoms with Crippen molar-refractivity contribution in [1.82, 2.24) is 5.32 Å². The number of ether oxygens (including phenoxy) is 1. The van der Waals surface area contributed by atoms with Gasteiger partial charge in [0, 0.05) is 37.6 Å². The molecule has 2 aromatic carbocycles. The van der Waals surface area contributed by atoms with Crippen molar-refractivity contribution in [1.29, 1.82) is 0 Å². The van der Waals surface area contributed by atoms with Gasteiger partial charge in [-0.25, -0.2) is 0 Å². The molecule has 1 heterocycles. The number of hydrogen-bond donors (Lipinski definition) is 2. The average molecular weight is 410 g/mol. The molecule has 0 aromatic heterocycles. The zero-order chi connectivity index (χ0) is 21.3. The van der Waals surface area contributed by atoms with E-state index in [-0.39, 0.29) is 5.91 Å². The summed E-state index contributed by atoms with van der Waals surface area (Å²) in [7, 11) is 0. The van der Waals surface area contributed by atoms with E-state index in [4.69, 9.17) is 4.74 Å². The number of anilines is 2. The Morgan fingerprint density at radius 3 is 2.67 bits per heavy atom. The monoisotopic (exact) mass is 409 g/mol. The van der Waals surface area contributed by atoms with Crippen LogP contribution in [0.15, 0.2) is 48.5 Å². The third-order valence-corrected chi connectivity index (χ3v) is 5.66. The highest BCUT2D eigenvalue weighted by Gasteiger charge is 2.19. The molecule has 3 rings (SSSR count). The molecule has 1 atom stereocenters. The SMILES string of the molecule is CC(C)c1cccc(NCCOCCC(C)c2cccc(N3CCNCC3=O)c2)c1. The molecule has 5 nitrogen and oxygen atoms in total. The molecule has 0 radical (unpaired) electrons. The Morgan fingerprint density at radius 1 is 1.07 bits per heavy atom. The van der Waals surface area contributed by atoms with Crippen LogP contribution in [0.5, 0.6) is 0 Å². The molecule has 1 aliphatic heterocycles. The second-order valence-corrected chi connectivity index (χ2v) is 8.33. The topological polar surface area (TPSA) is 53.6 Å². The van der Waals surface area contributed by atoms with Gasteiger partial charge in [-0.1, -0.05) is 45.0 Å². The van der Waals surface area contributed by atoms with Gasteiger partial charge in [-0.2, -0.15) is 0 Å². The Morgan fingerprint density at radius 2 is 1.87 bits per heavy atom. The van der Waals surface area contributed by atoms with Crippen LogP contribution in [0.1, 0.15) is 50.2 Å². The second kappa shape index (κ2) is 11.1. The highest BCUT2D eigenvalue weighted by molar-refractivity contribution is 5.95. The molecule has 5 heteroatoms. The number of rotatable bonds is 10. The minimum Gasteiger partial charge on any atom is -0.383 e. The minimum absolute atomic E-state index is 0.140. The molecule has 1 unspecified atom stereocenters. The normalized spacial score (nSPS) is 15.5. The van der Waals surface area contributed by atoms with Gasteiger partial charge >= 0.3 is 0 Å². The number of nitrogens with one attached hydrogen (secondary N) is 2. The first kappa shape index (κ1) is 22.3. The van der Waals surface area contributed by atoms with Crippen LogP contribution in [0.4, 0.5) is 11.4 Å². The summed E-state index contributed by atoms with van der Waals surface area (Å²) in [4.78, 5) is 14.0. The van der Waals surface area contributed by atoms with Crippen molar-refractivity contribution in [3.8, 4) is 0 Å². The van der Waals surface area contributed by atoms with Crippen LogP contribution in [0.3, 0.4) is 0 Å². The van der Waals surface area contributed by atoms with E-state index in [0.717, 1.165) is 44.0 Å². The molecule has 1 aliphatic rings. The first-order valence-electron chi connectivity index (χ1n) is 11.1. The molecule has 162 valence electrons. The summed E-state index contributed by atoms with van der Waals surface area (Å²) in [6.45, 7) is 10.8. The smallest absolute Gasteiger partial charge is 0.240 e. The largest absolute Gasteiger partial charge is 0.383 e. The molecule has 0 bridgehead atoms. The first-order valence-corrected chi connectivity index (χ1v) is 11.1. The number of carbonyl (C=O) groups is 1. The van der Waals surface area contributed by atoms with Crippen molar-refractivity contribution >= 4 is 17.3 Å². The van der Waals surface area contributed by atoms with E-state index in [1.54, 1.807) is 0 Å². The third kappa shape index (κ3) is 6.31. The zero-order valence-corrected chi connectivity index (χ0v) is 18.5. The lowest BCUT2D eigenvalue weighted by Gasteiger charge is -2.28. The Labute approximate surface area is 180 Å². The second-order valence-electron chi connectivity index (χ2n) is 8.33. The van der Waals surface area contributed by atoms with Crippen LogP contribution in [-0.2, 0) is 9.53 Å². The van der Waals surface area contributed by atoms with Gasteiger partial charge in [-0.3, -0.25) is 4.79 Å². The molecular formula is C25H35N3O2. The summed E-state index contributed by atoms with van der Waals surface area (Å²) in [6, 6.07) is 16.9. The van der Waals surface area contributed by atoms with Gasteiger partial charge in [0.1, 0.15) is 0 Å². The van der Waals surface area contributed by atoms with E-state index in [2.05, 4.69) is 67.8 Å². The van der Waals surface area contributed by atoms with Gasteiger partial charge in [0.15, 0.2) is 0 Å². The summed E-state index contributed by atoms with van der Waals surface area (Å²) in [5, 5.41) is 6.56. The van der Waals surface area contributed by atoms with Crippen LogP contribution in [0.2, 0.25) is 0 Å². The fourth-order valence-electron chi connectivity index (χ4n) is 3.68. The van der Waals surface area contributed by atoms with Crippen LogP contribution in [0, 0.1) is 0 Å². The van der Waals surface area contributed by atoms with Crippen LogP contribution in [-0.4, -0.2) is 45.3 Å². The zero-order valence-electron chi connectivity index (χ0n) is 18.5. The van der Waals surface area contributed by atoms with Crippen molar-refractivity contribution in [2.24, 2.45) is 0 Å². The Bertz CT molecular complexity index is 822. The number of amides is 1. The van der Waals surface area contributed by atoms with Crippen molar-refractivity contribution in [3.05, 3.63) is 59.7 Å². The van der Waals surface area contributed by atoms with Crippen molar-refractivity contribution in [2.45, 2.75) is 39.0 Å². The molecule has 2 aromatic rings. The quantitative estimate of drug-likeness (QED) is 0.572. The number of carbonyl (C=O) groups excluding carboxylic acids is 1. The van der Waals surface area contributed by atoms with Gasteiger partial charge in [0.25, 0.3) is 0 Å². The van der Waals surface area contributed by atoms with Crippen LogP contribution >= 0.6 is 0 Å². The van der Waals surface area contributed by atoms with E-state index < -0.39 is 0 Å². The molecule has 30 heavy (non-hydrogen) atoms. The molecular weight excluding hydrogens is 374 g/mol. The molecule has 0 aliphatic carbocycles. The minimum atomic E-state index is 0.140. The molecule has 2 N–H and O–H groups in total. The van der Waals surface area contributed by atoms with Gasteiger partial charge < -0.3 is 20.3 Å². The molecule has 1 fully saturated rings. The fourth-order valence-corrected chi connectivity index (χ4v) is 3.68. The summed E-state index contributed by atoms with van der Waals surface area (Å²) in [5.74, 6) is 1.06. The van der Waals surface area contributed by atoms with E-state index in [9.17, 15) is 4.79 Å². The number of benzene rings is 2.